The summed E-state index contributed by atoms with van der Waals surface area (Å²) < 4.78 is 29.5. The van der Waals surface area contributed by atoms with Crippen molar-refractivity contribution in [3.8, 4) is 9.75 Å². The van der Waals surface area contributed by atoms with E-state index in [2.05, 4.69) is 9.62 Å². The molecule has 1 N–H and O–H groups in total. The Morgan fingerprint density at radius 3 is 2.58 bits per heavy atom. The quantitative estimate of drug-likeness (QED) is 0.508. The summed E-state index contributed by atoms with van der Waals surface area (Å²) in [4.78, 5) is 33.9. The largest absolute Gasteiger partial charge is 0.337 e. The molecule has 196 valence electrons. The highest BCUT2D eigenvalue weighted by atomic mass is 35.5. The first-order valence-electron chi connectivity index (χ1n) is 12.1. The normalized spacial score (nSPS) is 23.6. The number of sulfonamides is 1. The molecule has 3 aliphatic rings. The van der Waals surface area contributed by atoms with E-state index >= 15 is 0 Å². The van der Waals surface area contributed by atoms with Crippen LogP contribution in [-0.2, 0) is 19.6 Å². The van der Waals surface area contributed by atoms with Crippen LogP contribution in [0.1, 0.15) is 25.7 Å². The summed E-state index contributed by atoms with van der Waals surface area (Å²) in [6, 6.07) is 6.27. The third kappa shape index (κ3) is 5.95. The van der Waals surface area contributed by atoms with Crippen LogP contribution < -0.4 is 4.72 Å². The van der Waals surface area contributed by atoms with Gasteiger partial charge in [-0.25, -0.2) is 8.42 Å². The van der Waals surface area contributed by atoms with E-state index < -0.39 is 16.1 Å². The standard InChI is InChI=1S/C23H29ClN4O4S4/c24-20-7-5-18(34-20)19-6-8-22(35-19)36(31,32)25-17-4-2-9-27(23(17)30)14-21(29)28-10-1-3-16(28)13-26-11-12-33-15-26/h5-8,16-17,25H,1-4,9-15H2/t16-,17-/m0/s1. The van der Waals surface area contributed by atoms with Crippen LogP contribution in [0.2, 0.25) is 4.34 Å². The molecule has 5 heterocycles. The Morgan fingerprint density at radius 2 is 1.83 bits per heavy atom. The van der Waals surface area contributed by atoms with E-state index in [1.807, 2.05) is 22.7 Å². The number of piperidine rings is 1. The number of nitrogens with one attached hydrogen (secondary N) is 1. The summed E-state index contributed by atoms with van der Waals surface area (Å²) in [6.07, 6.45) is 3.03. The number of nitrogens with zero attached hydrogens (tertiary/aromatic N) is 3. The van der Waals surface area contributed by atoms with E-state index in [1.165, 1.54) is 16.2 Å². The number of carbonyl (C=O) groups is 2. The lowest BCUT2D eigenvalue weighted by atomic mass is 10.1. The highest BCUT2D eigenvalue weighted by molar-refractivity contribution is 7.99. The first-order chi connectivity index (χ1) is 17.3. The lowest BCUT2D eigenvalue weighted by Crippen LogP contribution is -2.55. The van der Waals surface area contributed by atoms with Crippen LogP contribution in [0, 0.1) is 0 Å². The monoisotopic (exact) mass is 588 g/mol. The summed E-state index contributed by atoms with van der Waals surface area (Å²) >= 11 is 10.5. The highest BCUT2D eigenvalue weighted by Crippen LogP contribution is 2.37. The molecule has 5 rings (SSSR count). The number of halogens is 1. The lowest BCUT2D eigenvalue weighted by Gasteiger charge is -2.34. The molecule has 0 unspecified atom stereocenters. The van der Waals surface area contributed by atoms with E-state index in [1.54, 1.807) is 18.2 Å². The van der Waals surface area contributed by atoms with Gasteiger partial charge in [0.1, 0.15) is 10.3 Å². The average molecular weight is 589 g/mol. The van der Waals surface area contributed by atoms with Crippen molar-refractivity contribution in [2.45, 2.75) is 42.0 Å². The van der Waals surface area contributed by atoms with E-state index in [9.17, 15) is 18.0 Å². The SMILES string of the molecule is O=C1[C@@H](NS(=O)(=O)c2ccc(-c3ccc(Cl)s3)s2)CCCN1CC(=O)N1CCC[C@H]1CN1CCSC1. The first-order valence-corrected chi connectivity index (χ1v) is 16.7. The van der Waals surface area contributed by atoms with Gasteiger partial charge in [-0.15, -0.1) is 34.4 Å². The van der Waals surface area contributed by atoms with Crippen molar-refractivity contribution in [1.29, 1.82) is 0 Å². The molecule has 0 spiro atoms. The molecule has 0 radical (unpaired) electrons. The van der Waals surface area contributed by atoms with Gasteiger partial charge in [-0.2, -0.15) is 4.72 Å². The van der Waals surface area contributed by atoms with Crippen molar-refractivity contribution in [2.24, 2.45) is 0 Å². The molecule has 13 heteroatoms. The van der Waals surface area contributed by atoms with E-state index in [-0.39, 0.29) is 28.6 Å². The van der Waals surface area contributed by atoms with Gasteiger partial charge in [0.05, 0.1) is 10.9 Å². The summed E-state index contributed by atoms with van der Waals surface area (Å²) in [5, 5.41) is 0. The van der Waals surface area contributed by atoms with Crippen molar-refractivity contribution in [2.75, 3.05) is 44.4 Å². The Balaban J connectivity index is 1.20. The van der Waals surface area contributed by atoms with Crippen LogP contribution in [0.5, 0.6) is 0 Å². The predicted octanol–water partition coefficient (Wildman–Crippen LogP) is 3.40. The second-order valence-electron chi connectivity index (χ2n) is 9.30. The Labute approximate surface area is 229 Å². The molecule has 36 heavy (non-hydrogen) atoms. The molecule has 2 atom stereocenters. The minimum absolute atomic E-state index is 0.00456. The van der Waals surface area contributed by atoms with Crippen LogP contribution in [0.4, 0.5) is 0 Å². The second kappa shape index (κ2) is 11.3. The van der Waals surface area contributed by atoms with Gasteiger partial charge in [-0.05, 0) is 49.9 Å². The zero-order valence-corrected chi connectivity index (χ0v) is 23.7. The minimum atomic E-state index is -3.87. The van der Waals surface area contributed by atoms with E-state index in [0.29, 0.717) is 23.7 Å². The zero-order chi connectivity index (χ0) is 25.3. The third-order valence-electron chi connectivity index (χ3n) is 6.81. The number of thiophene rings is 2. The molecule has 2 amide bonds. The molecule has 3 fully saturated rings. The lowest BCUT2D eigenvalue weighted by molar-refractivity contribution is -0.143. The van der Waals surface area contributed by atoms with Gasteiger partial charge in [0, 0.05) is 53.6 Å². The first kappa shape index (κ1) is 26.5. The fourth-order valence-corrected chi connectivity index (χ4v) is 9.69. The molecule has 0 aromatic carbocycles. The maximum atomic E-state index is 13.2. The fraction of sp³-hybridized carbons (Fsp3) is 0.565. The number of rotatable bonds is 8. The smallest absolute Gasteiger partial charge is 0.250 e. The van der Waals surface area contributed by atoms with Gasteiger partial charge in [0.25, 0.3) is 10.0 Å². The zero-order valence-electron chi connectivity index (χ0n) is 19.7. The summed E-state index contributed by atoms with van der Waals surface area (Å²) in [5.41, 5.74) is 0. The molecular weight excluding hydrogens is 560 g/mol. The number of likely N-dealkylation sites (tertiary alicyclic amines) is 2. The van der Waals surface area contributed by atoms with E-state index in [4.69, 9.17) is 11.6 Å². The molecule has 2 aromatic rings. The van der Waals surface area contributed by atoms with Gasteiger partial charge >= 0.3 is 0 Å². The second-order valence-corrected chi connectivity index (χ2v) is 15.1. The molecule has 3 aliphatic heterocycles. The molecule has 8 nitrogen and oxygen atoms in total. The van der Waals surface area contributed by atoms with E-state index in [0.717, 1.165) is 65.2 Å². The topological polar surface area (TPSA) is 90.0 Å². The highest BCUT2D eigenvalue weighted by Gasteiger charge is 2.36. The molecule has 0 aliphatic carbocycles. The Morgan fingerprint density at radius 1 is 1.06 bits per heavy atom. The minimum Gasteiger partial charge on any atom is -0.337 e. The molecule has 3 saturated heterocycles. The molecule has 0 saturated carbocycles. The van der Waals surface area contributed by atoms with Gasteiger partial charge in [-0.3, -0.25) is 14.5 Å². The maximum absolute atomic E-state index is 13.2. The van der Waals surface area contributed by atoms with Crippen LogP contribution in [-0.4, -0.2) is 91.4 Å². The summed E-state index contributed by atoms with van der Waals surface area (Å²) in [6.45, 7) is 3.13. The summed E-state index contributed by atoms with van der Waals surface area (Å²) in [7, 11) is -3.87. The number of hydrogen-bond acceptors (Lipinski definition) is 8. The van der Waals surface area contributed by atoms with Crippen LogP contribution in [0.25, 0.3) is 9.75 Å². The number of thioether (sulfide) groups is 1. The van der Waals surface area contributed by atoms with Crippen molar-refractivity contribution in [3.63, 3.8) is 0 Å². The third-order valence-corrected chi connectivity index (χ3v) is 12.3. The predicted molar refractivity (Wildman–Crippen MR) is 146 cm³/mol. The number of carbonyl (C=O) groups excluding carboxylic acids is 2. The molecule has 0 bridgehead atoms. The van der Waals surface area contributed by atoms with Crippen LogP contribution in [0.15, 0.2) is 28.5 Å². The van der Waals surface area contributed by atoms with Crippen molar-refractivity contribution in [3.05, 3.63) is 28.6 Å². The number of amides is 2. The van der Waals surface area contributed by atoms with Gasteiger partial charge < -0.3 is 9.80 Å². The number of hydrogen-bond donors (Lipinski definition) is 1. The van der Waals surface area contributed by atoms with Crippen molar-refractivity contribution >= 4 is 67.9 Å². The van der Waals surface area contributed by atoms with Crippen molar-refractivity contribution < 1.29 is 18.0 Å². The Kier molecular flexibility index (Phi) is 8.31. The van der Waals surface area contributed by atoms with Gasteiger partial charge in [0.2, 0.25) is 11.8 Å². The van der Waals surface area contributed by atoms with Gasteiger partial charge in [0.15, 0.2) is 0 Å². The Bertz CT molecular complexity index is 1210. The molecule has 2 aromatic heterocycles. The van der Waals surface area contributed by atoms with Crippen LogP contribution in [0.3, 0.4) is 0 Å². The van der Waals surface area contributed by atoms with Crippen LogP contribution >= 0.6 is 46.0 Å². The summed E-state index contributed by atoms with van der Waals surface area (Å²) in [5.74, 6) is 1.78. The van der Waals surface area contributed by atoms with Crippen molar-refractivity contribution in [1.82, 2.24) is 19.4 Å². The molecular formula is C23H29ClN4O4S4. The maximum Gasteiger partial charge on any atom is 0.250 e. The fourth-order valence-electron chi connectivity index (χ4n) is 5.00. The average Bonchev–Trinajstić information content (AvgIpc) is 3.64. The Hall–Kier alpha value is -1.15. The van der Waals surface area contributed by atoms with Gasteiger partial charge in [-0.1, -0.05) is 11.6 Å².